The maximum absolute atomic E-state index is 14.3. The van der Waals surface area contributed by atoms with Crippen molar-refractivity contribution in [2.24, 2.45) is 7.05 Å². The van der Waals surface area contributed by atoms with Gasteiger partial charge in [-0.1, -0.05) is 29.8 Å². The molecule has 164 valence electrons. The van der Waals surface area contributed by atoms with Gasteiger partial charge in [0.05, 0.1) is 9.92 Å². The van der Waals surface area contributed by atoms with Crippen molar-refractivity contribution in [2.45, 2.75) is 37.6 Å². The summed E-state index contributed by atoms with van der Waals surface area (Å²) in [5.74, 6) is -0.447. The first kappa shape index (κ1) is 23.1. The lowest BCUT2D eigenvalue weighted by atomic mass is 9.92. The molecular formula is C21H22ClFN4O3S. The summed E-state index contributed by atoms with van der Waals surface area (Å²) in [6.45, 7) is 4.76. The summed E-state index contributed by atoms with van der Waals surface area (Å²) in [5, 5.41) is 7.84. The van der Waals surface area contributed by atoms with E-state index in [1.165, 1.54) is 35.8 Å². The van der Waals surface area contributed by atoms with Crippen molar-refractivity contribution >= 4 is 27.4 Å². The largest absolute Gasteiger partial charge is 0.308 e. The topological polar surface area (TPSA) is 94.0 Å². The number of ketones is 1. The molecule has 0 amide bonds. The lowest BCUT2D eigenvalue weighted by Crippen LogP contribution is -2.45. The molecule has 3 rings (SSSR count). The highest BCUT2D eigenvalue weighted by Gasteiger charge is 2.29. The van der Waals surface area contributed by atoms with Crippen molar-refractivity contribution in [1.82, 2.24) is 19.5 Å². The molecule has 7 nitrogen and oxygen atoms in total. The minimum Gasteiger partial charge on any atom is -0.308 e. The molecule has 0 fully saturated rings. The maximum Gasteiger partial charge on any atom is 0.241 e. The van der Waals surface area contributed by atoms with Crippen molar-refractivity contribution in [2.75, 3.05) is 0 Å². The number of nitrogens with zero attached hydrogens (tertiary/aromatic N) is 3. The zero-order valence-electron chi connectivity index (χ0n) is 17.5. The van der Waals surface area contributed by atoms with Gasteiger partial charge in [-0.25, -0.2) is 17.5 Å². The lowest BCUT2D eigenvalue weighted by Gasteiger charge is -2.27. The molecule has 1 aromatic heterocycles. The van der Waals surface area contributed by atoms with Gasteiger partial charge in [0.25, 0.3) is 0 Å². The molecule has 0 unspecified atom stereocenters. The van der Waals surface area contributed by atoms with Gasteiger partial charge in [0.1, 0.15) is 5.82 Å². The summed E-state index contributed by atoms with van der Waals surface area (Å²) in [5.41, 5.74) is -0.0553. The van der Waals surface area contributed by atoms with Crippen molar-refractivity contribution < 1.29 is 17.6 Å². The van der Waals surface area contributed by atoms with Gasteiger partial charge >= 0.3 is 0 Å². The van der Waals surface area contributed by atoms with Gasteiger partial charge in [-0.05, 0) is 50.1 Å². The van der Waals surface area contributed by atoms with E-state index in [2.05, 4.69) is 14.9 Å². The molecule has 10 heteroatoms. The van der Waals surface area contributed by atoms with Crippen LogP contribution in [0.25, 0.3) is 11.4 Å². The van der Waals surface area contributed by atoms with E-state index in [4.69, 9.17) is 11.6 Å². The normalized spacial score (nSPS) is 12.2. The Morgan fingerprint density at radius 1 is 1.19 bits per heavy atom. The third kappa shape index (κ3) is 5.00. The number of sulfonamides is 1. The highest BCUT2D eigenvalue weighted by Crippen LogP contribution is 2.31. The number of aromatic nitrogens is 3. The van der Waals surface area contributed by atoms with E-state index in [9.17, 15) is 17.6 Å². The summed E-state index contributed by atoms with van der Waals surface area (Å²) in [6, 6.07) is 10.6. The van der Waals surface area contributed by atoms with Crippen LogP contribution in [-0.4, -0.2) is 34.5 Å². The standard InChI is InChI=1S/C21H22ClFN4O3S/c1-13(28)19-24-25-20(27(19)4)16-11-17(22)18(23)10-14(16)12-21(2,3)26-31(29,30)15-8-6-5-7-9-15/h5-11,26H,12H2,1-4H3. The van der Waals surface area contributed by atoms with Crippen LogP contribution in [0.2, 0.25) is 5.02 Å². The van der Waals surface area contributed by atoms with Crippen LogP contribution >= 0.6 is 11.6 Å². The summed E-state index contributed by atoms with van der Waals surface area (Å²) < 4.78 is 44.0. The molecular weight excluding hydrogens is 443 g/mol. The third-order valence-corrected chi connectivity index (χ3v) is 6.68. The van der Waals surface area contributed by atoms with Crippen molar-refractivity contribution in [1.29, 1.82) is 0 Å². The van der Waals surface area contributed by atoms with E-state index in [1.807, 2.05) is 0 Å². The number of carbonyl (C=O) groups is 1. The second kappa shape index (κ2) is 8.49. The second-order valence-electron chi connectivity index (χ2n) is 7.87. The molecule has 0 saturated carbocycles. The number of hydrogen-bond donors (Lipinski definition) is 1. The smallest absolute Gasteiger partial charge is 0.241 e. The summed E-state index contributed by atoms with van der Waals surface area (Å²) >= 11 is 6.00. The molecule has 0 saturated heterocycles. The molecule has 31 heavy (non-hydrogen) atoms. The Kier molecular flexibility index (Phi) is 6.31. The maximum atomic E-state index is 14.3. The molecule has 2 aromatic carbocycles. The Hall–Kier alpha value is -2.62. The minimum atomic E-state index is -3.80. The monoisotopic (exact) mass is 464 g/mol. The second-order valence-corrected chi connectivity index (χ2v) is 9.95. The van der Waals surface area contributed by atoms with Crippen LogP contribution in [0.5, 0.6) is 0 Å². The lowest BCUT2D eigenvalue weighted by molar-refractivity contribution is 0.100. The number of nitrogens with one attached hydrogen (secondary N) is 1. The van der Waals surface area contributed by atoms with E-state index in [0.29, 0.717) is 17.0 Å². The first-order valence-electron chi connectivity index (χ1n) is 9.39. The molecule has 0 atom stereocenters. The molecule has 0 radical (unpaired) electrons. The van der Waals surface area contributed by atoms with Gasteiger partial charge in [-0.3, -0.25) is 4.79 Å². The van der Waals surface area contributed by atoms with Crippen LogP contribution in [0.15, 0.2) is 47.4 Å². The minimum absolute atomic E-state index is 0.117. The average molecular weight is 465 g/mol. The van der Waals surface area contributed by atoms with Gasteiger partial charge in [-0.2, -0.15) is 0 Å². The number of carbonyl (C=O) groups excluding carboxylic acids is 1. The van der Waals surface area contributed by atoms with E-state index >= 15 is 0 Å². The Balaban J connectivity index is 2.01. The summed E-state index contributed by atoms with van der Waals surface area (Å²) in [6.07, 6.45) is 0.130. The van der Waals surface area contributed by atoms with E-state index < -0.39 is 21.4 Å². The molecule has 0 aliphatic heterocycles. The highest BCUT2D eigenvalue weighted by atomic mass is 35.5. The van der Waals surface area contributed by atoms with Crippen molar-refractivity contribution in [3.63, 3.8) is 0 Å². The number of hydrogen-bond acceptors (Lipinski definition) is 5. The van der Waals surface area contributed by atoms with Gasteiger partial charge < -0.3 is 4.57 Å². The van der Waals surface area contributed by atoms with Gasteiger partial charge in [0, 0.05) is 25.1 Å². The number of benzene rings is 2. The predicted octanol–water partition coefficient (Wildman–Crippen LogP) is 3.78. The highest BCUT2D eigenvalue weighted by molar-refractivity contribution is 7.89. The van der Waals surface area contributed by atoms with Gasteiger partial charge in [0.15, 0.2) is 17.4 Å². The SMILES string of the molecule is CC(=O)c1nnc(-c2cc(Cl)c(F)cc2CC(C)(C)NS(=O)(=O)c2ccccc2)n1C. The van der Waals surface area contributed by atoms with Gasteiger partial charge in [-0.15, -0.1) is 10.2 Å². The van der Waals surface area contributed by atoms with Crippen molar-refractivity contribution in [3.8, 4) is 11.4 Å². The Morgan fingerprint density at radius 3 is 2.42 bits per heavy atom. The Bertz CT molecular complexity index is 1240. The van der Waals surface area contributed by atoms with Crippen LogP contribution < -0.4 is 4.72 Å². The first-order chi connectivity index (χ1) is 14.4. The summed E-state index contributed by atoms with van der Waals surface area (Å²) in [7, 11) is -2.18. The molecule has 1 heterocycles. The van der Waals surface area contributed by atoms with Crippen LogP contribution in [0, 0.1) is 5.82 Å². The van der Waals surface area contributed by atoms with E-state index in [1.54, 1.807) is 39.1 Å². The fourth-order valence-electron chi connectivity index (χ4n) is 3.35. The zero-order valence-corrected chi connectivity index (χ0v) is 19.1. The van der Waals surface area contributed by atoms with Crippen LogP contribution in [0.3, 0.4) is 0 Å². The predicted molar refractivity (Wildman–Crippen MR) is 116 cm³/mol. The molecule has 3 aromatic rings. The quantitative estimate of drug-likeness (QED) is 0.537. The zero-order chi connectivity index (χ0) is 23.0. The summed E-state index contributed by atoms with van der Waals surface area (Å²) in [4.78, 5) is 11.9. The van der Waals surface area contributed by atoms with Crippen molar-refractivity contribution in [3.05, 3.63) is 64.7 Å². The third-order valence-electron chi connectivity index (χ3n) is 4.67. The van der Waals surface area contributed by atoms with E-state index in [-0.39, 0.29) is 27.9 Å². The molecule has 0 bridgehead atoms. The number of halogens is 2. The van der Waals surface area contributed by atoms with Crippen LogP contribution in [0.4, 0.5) is 4.39 Å². The molecule has 0 spiro atoms. The number of rotatable bonds is 7. The van der Waals surface area contributed by atoms with Crippen LogP contribution in [0.1, 0.15) is 37.0 Å². The Morgan fingerprint density at radius 2 is 1.84 bits per heavy atom. The first-order valence-corrected chi connectivity index (χ1v) is 11.2. The molecule has 0 aliphatic carbocycles. The molecule has 0 aliphatic rings. The average Bonchev–Trinajstić information content (AvgIpc) is 3.05. The van der Waals surface area contributed by atoms with Gasteiger partial charge in [0.2, 0.25) is 10.0 Å². The van der Waals surface area contributed by atoms with Crippen LogP contribution in [-0.2, 0) is 23.5 Å². The van der Waals surface area contributed by atoms with E-state index in [0.717, 1.165) is 0 Å². The fourth-order valence-corrected chi connectivity index (χ4v) is 4.94. The fraction of sp³-hybridized carbons (Fsp3) is 0.286. The number of Topliss-reactive ketones (excluding diaryl/α,β-unsaturated/α-hetero) is 1. The molecule has 1 N–H and O–H groups in total. The Labute approximate surface area is 185 Å².